The summed E-state index contributed by atoms with van der Waals surface area (Å²) in [5.41, 5.74) is 1.18. The summed E-state index contributed by atoms with van der Waals surface area (Å²) in [7, 11) is 0. The fourth-order valence-corrected chi connectivity index (χ4v) is 1.44. The molecule has 0 aliphatic heterocycles. The normalized spacial score (nSPS) is 10.1. The van der Waals surface area contributed by atoms with E-state index in [1.807, 2.05) is 30.3 Å². The summed E-state index contributed by atoms with van der Waals surface area (Å²) in [4.78, 5) is 0. The predicted octanol–water partition coefficient (Wildman–Crippen LogP) is 3.25. The first-order valence-electron chi connectivity index (χ1n) is 5.19. The van der Waals surface area contributed by atoms with Gasteiger partial charge in [-0.2, -0.15) is 0 Å². The molecule has 0 amide bonds. The van der Waals surface area contributed by atoms with Crippen molar-refractivity contribution in [1.29, 1.82) is 0 Å². The fourth-order valence-electron chi connectivity index (χ4n) is 1.44. The van der Waals surface area contributed by atoms with Gasteiger partial charge in [-0.1, -0.05) is 42.5 Å². The lowest BCUT2D eigenvalue weighted by Gasteiger charge is -2.06. The molecule has 0 bridgehead atoms. The Labute approximate surface area is 94.5 Å². The Kier molecular flexibility index (Phi) is 3.54. The summed E-state index contributed by atoms with van der Waals surface area (Å²) >= 11 is 0. The van der Waals surface area contributed by atoms with E-state index >= 15 is 0 Å². The van der Waals surface area contributed by atoms with Gasteiger partial charge in [-0.3, -0.25) is 0 Å². The van der Waals surface area contributed by atoms with E-state index in [0.717, 1.165) is 6.42 Å². The summed E-state index contributed by atoms with van der Waals surface area (Å²) in [6.45, 7) is 0.471. The number of hydrogen-bond acceptors (Lipinski definition) is 1. The van der Waals surface area contributed by atoms with Gasteiger partial charge in [-0.05, 0) is 11.6 Å². The zero-order valence-electron chi connectivity index (χ0n) is 8.82. The van der Waals surface area contributed by atoms with Crippen molar-refractivity contribution in [2.75, 3.05) is 6.61 Å². The fraction of sp³-hybridized carbons (Fsp3) is 0.143. The summed E-state index contributed by atoms with van der Waals surface area (Å²) in [5, 5.41) is 0. The van der Waals surface area contributed by atoms with Gasteiger partial charge in [0.1, 0.15) is 0 Å². The lowest BCUT2D eigenvalue weighted by atomic mass is 10.2. The first-order valence-corrected chi connectivity index (χ1v) is 5.19. The highest BCUT2D eigenvalue weighted by Gasteiger charge is 2.01. The van der Waals surface area contributed by atoms with Gasteiger partial charge >= 0.3 is 0 Å². The van der Waals surface area contributed by atoms with Crippen molar-refractivity contribution in [2.24, 2.45) is 0 Å². The van der Waals surface area contributed by atoms with Crippen LogP contribution in [-0.2, 0) is 6.42 Å². The van der Waals surface area contributed by atoms with Crippen LogP contribution in [0.5, 0.6) is 5.75 Å². The molecule has 2 rings (SSSR count). The van der Waals surface area contributed by atoms with Gasteiger partial charge in [-0.15, -0.1) is 0 Å². The Balaban J connectivity index is 1.87. The SMILES string of the molecule is Fc1[c]cccc1OCCc1ccccc1. The lowest BCUT2D eigenvalue weighted by molar-refractivity contribution is 0.305. The van der Waals surface area contributed by atoms with Crippen LogP contribution < -0.4 is 4.74 Å². The first-order chi connectivity index (χ1) is 7.86. The second-order valence-electron chi connectivity index (χ2n) is 3.43. The van der Waals surface area contributed by atoms with E-state index in [1.165, 1.54) is 11.6 Å². The topological polar surface area (TPSA) is 9.23 Å². The Morgan fingerprint density at radius 1 is 1.06 bits per heavy atom. The quantitative estimate of drug-likeness (QED) is 0.760. The number of ether oxygens (including phenoxy) is 1. The van der Waals surface area contributed by atoms with Crippen LogP contribution in [-0.4, -0.2) is 6.61 Å². The number of hydrogen-bond donors (Lipinski definition) is 0. The van der Waals surface area contributed by atoms with Crippen LogP contribution in [0.25, 0.3) is 0 Å². The van der Waals surface area contributed by atoms with Crippen molar-refractivity contribution in [3.63, 3.8) is 0 Å². The van der Waals surface area contributed by atoms with E-state index in [2.05, 4.69) is 6.07 Å². The molecule has 0 saturated carbocycles. The van der Waals surface area contributed by atoms with Crippen molar-refractivity contribution in [1.82, 2.24) is 0 Å². The Morgan fingerprint density at radius 2 is 1.88 bits per heavy atom. The summed E-state index contributed by atoms with van der Waals surface area (Å²) in [6.07, 6.45) is 0.773. The smallest absolute Gasteiger partial charge is 0.172 e. The summed E-state index contributed by atoms with van der Waals surface area (Å²) in [6, 6.07) is 17.3. The molecule has 2 aromatic carbocycles. The van der Waals surface area contributed by atoms with E-state index in [4.69, 9.17) is 4.74 Å². The molecule has 0 atom stereocenters. The van der Waals surface area contributed by atoms with Gasteiger partial charge in [0.2, 0.25) is 0 Å². The second-order valence-corrected chi connectivity index (χ2v) is 3.43. The summed E-state index contributed by atoms with van der Waals surface area (Å²) in [5.74, 6) is -0.172. The molecular weight excluding hydrogens is 203 g/mol. The van der Waals surface area contributed by atoms with Crippen LogP contribution in [0.15, 0.2) is 48.5 Å². The molecule has 0 N–H and O–H groups in total. The molecular formula is C14H12FO. The Morgan fingerprint density at radius 3 is 2.62 bits per heavy atom. The minimum absolute atomic E-state index is 0.262. The second kappa shape index (κ2) is 5.31. The average Bonchev–Trinajstić information content (AvgIpc) is 2.33. The van der Waals surface area contributed by atoms with Crippen LogP contribution >= 0.6 is 0 Å². The maximum atomic E-state index is 13.1. The molecule has 0 aliphatic carbocycles. The first kappa shape index (κ1) is 10.7. The highest BCUT2D eigenvalue weighted by molar-refractivity contribution is 5.23. The molecule has 1 nitrogen and oxygen atoms in total. The molecule has 0 aromatic heterocycles. The predicted molar refractivity (Wildman–Crippen MR) is 60.9 cm³/mol. The number of benzene rings is 2. The van der Waals surface area contributed by atoms with E-state index in [-0.39, 0.29) is 5.75 Å². The van der Waals surface area contributed by atoms with Gasteiger partial charge in [0.05, 0.1) is 6.61 Å². The molecule has 81 valence electrons. The van der Waals surface area contributed by atoms with Crippen molar-refractivity contribution in [3.8, 4) is 5.75 Å². The van der Waals surface area contributed by atoms with Gasteiger partial charge in [-0.25, -0.2) is 4.39 Å². The number of rotatable bonds is 4. The third kappa shape index (κ3) is 2.83. The van der Waals surface area contributed by atoms with Crippen molar-refractivity contribution in [3.05, 3.63) is 66.0 Å². The third-order valence-electron chi connectivity index (χ3n) is 2.26. The molecule has 0 unspecified atom stereocenters. The minimum Gasteiger partial charge on any atom is -0.490 e. The van der Waals surface area contributed by atoms with Crippen LogP contribution in [0, 0.1) is 11.9 Å². The highest BCUT2D eigenvalue weighted by atomic mass is 19.1. The molecule has 0 saturated heterocycles. The maximum absolute atomic E-state index is 13.1. The monoisotopic (exact) mass is 215 g/mol. The zero-order chi connectivity index (χ0) is 11.2. The molecule has 0 heterocycles. The standard InChI is InChI=1S/C14H12FO/c15-13-8-4-5-9-14(13)16-11-10-12-6-2-1-3-7-12/h1-7,9H,10-11H2. The van der Waals surface area contributed by atoms with Gasteiger partial charge in [0.15, 0.2) is 11.6 Å². The van der Waals surface area contributed by atoms with E-state index < -0.39 is 5.82 Å². The Bertz CT molecular complexity index is 439. The van der Waals surface area contributed by atoms with Gasteiger partial charge in [0, 0.05) is 12.5 Å². The van der Waals surface area contributed by atoms with Crippen molar-refractivity contribution < 1.29 is 9.13 Å². The van der Waals surface area contributed by atoms with E-state index in [0.29, 0.717) is 6.61 Å². The Hall–Kier alpha value is -1.83. The van der Waals surface area contributed by atoms with Crippen molar-refractivity contribution in [2.45, 2.75) is 6.42 Å². The van der Waals surface area contributed by atoms with Gasteiger partial charge in [0.25, 0.3) is 0 Å². The molecule has 16 heavy (non-hydrogen) atoms. The minimum atomic E-state index is -0.435. The van der Waals surface area contributed by atoms with Crippen LogP contribution in [0.3, 0.4) is 0 Å². The molecule has 1 radical (unpaired) electrons. The molecule has 2 heteroatoms. The van der Waals surface area contributed by atoms with E-state index in [1.54, 1.807) is 12.1 Å². The zero-order valence-corrected chi connectivity index (χ0v) is 8.82. The van der Waals surface area contributed by atoms with Crippen LogP contribution in [0.4, 0.5) is 4.39 Å². The summed E-state index contributed by atoms with van der Waals surface area (Å²) < 4.78 is 18.5. The molecule has 0 aliphatic rings. The molecule has 2 aromatic rings. The molecule has 0 fully saturated rings. The highest BCUT2D eigenvalue weighted by Crippen LogP contribution is 2.15. The van der Waals surface area contributed by atoms with Crippen LogP contribution in [0.1, 0.15) is 5.56 Å². The van der Waals surface area contributed by atoms with E-state index in [9.17, 15) is 4.39 Å². The van der Waals surface area contributed by atoms with Crippen molar-refractivity contribution >= 4 is 0 Å². The number of halogens is 1. The molecule has 0 spiro atoms. The average molecular weight is 215 g/mol. The van der Waals surface area contributed by atoms with Gasteiger partial charge < -0.3 is 4.74 Å². The maximum Gasteiger partial charge on any atom is 0.172 e. The third-order valence-corrected chi connectivity index (χ3v) is 2.26. The van der Waals surface area contributed by atoms with Crippen LogP contribution in [0.2, 0.25) is 0 Å². The largest absolute Gasteiger partial charge is 0.490 e. The lowest BCUT2D eigenvalue weighted by Crippen LogP contribution is -2.02.